The molecule has 0 amide bonds. The fourth-order valence-electron chi connectivity index (χ4n) is 2.80. The van der Waals surface area contributed by atoms with Crippen LogP contribution in [0.1, 0.15) is 5.56 Å². The lowest BCUT2D eigenvalue weighted by Gasteiger charge is -2.28. The highest BCUT2D eigenvalue weighted by molar-refractivity contribution is 5.48. The molecule has 0 aliphatic carbocycles. The highest BCUT2D eigenvalue weighted by Crippen LogP contribution is 2.17. The van der Waals surface area contributed by atoms with E-state index in [9.17, 15) is 0 Å². The van der Waals surface area contributed by atoms with E-state index in [1.807, 2.05) is 10.8 Å². The Morgan fingerprint density at radius 3 is 2.64 bits per heavy atom. The van der Waals surface area contributed by atoms with E-state index in [1.165, 1.54) is 11.3 Å². The Hall–Kier alpha value is -2.93. The zero-order valence-corrected chi connectivity index (χ0v) is 13.9. The van der Waals surface area contributed by atoms with E-state index in [2.05, 4.69) is 49.4 Å². The molecule has 2 aromatic heterocycles. The zero-order valence-electron chi connectivity index (χ0n) is 13.9. The molecule has 1 aromatic carbocycles. The lowest BCUT2D eigenvalue weighted by molar-refractivity contribution is 0.122. The second-order valence-corrected chi connectivity index (χ2v) is 5.85. The monoisotopic (exact) mass is 336 g/mol. The summed E-state index contributed by atoms with van der Waals surface area (Å²) >= 11 is 0. The van der Waals surface area contributed by atoms with Crippen molar-refractivity contribution in [2.24, 2.45) is 0 Å². The van der Waals surface area contributed by atoms with Crippen LogP contribution < -0.4 is 10.2 Å². The van der Waals surface area contributed by atoms with Crippen LogP contribution in [0.4, 0.5) is 11.5 Å². The summed E-state index contributed by atoms with van der Waals surface area (Å²) in [5.74, 6) is 1.48. The Kier molecular flexibility index (Phi) is 4.56. The predicted molar refractivity (Wildman–Crippen MR) is 96.0 cm³/mol. The number of nitrogens with one attached hydrogen (secondary N) is 1. The summed E-state index contributed by atoms with van der Waals surface area (Å²) in [6.45, 7) is 4.21. The molecule has 3 aromatic rings. The molecular weight excluding hydrogens is 316 g/mol. The molecule has 0 unspecified atom stereocenters. The van der Waals surface area contributed by atoms with Crippen molar-refractivity contribution in [2.75, 3.05) is 36.5 Å². The molecule has 1 aliphatic heterocycles. The molecule has 4 rings (SSSR count). The van der Waals surface area contributed by atoms with Gasteiger partial charge in [-0.05, 0) is 17.7 Å². The van der Waals surface area contributed by atoms with Crippen LogP contribution in [0.3, 0.4) is 0 Å². The van der Waals surface area contributed by atoms with Crippen LogP contribution in [-0.2, 0) is 11.3 Å². The number of morpholine rings is 1. The van der Waals surface area contributed by atoms with E-state index in [4.69, 9.17) is 4.74 Å². The Labute approximate surface area is 146 Å². The molecule has 3 heterocycles. The number of benzene rings is 1. The standard InChI is InChI=1S/C18H20N6O/c1-3-16(23-7-9-25-10-8-23)4-2-15(1)11-21-17-12-20-13-18(22-17)24-6-5-19-14-24/h1-6,12-14H,7-11H2,(H,21,22). The second-order valence-electron chi connectivity index (χ2n) is 5.85. The van der Waals surface area contributed by atoms with E-state index in [1.54, 1.807) is 24.9 Å². The van der Waals surface area contributed by atoms with Gasteiger partial charge in [-0.2, -0.15) is 0 Å². The Bertz CT molecular complexity index is 797. The van der Waals surface area contributed by atoms with Gasteiger partial charge < -0.3 is 15.0 Å². The summed E-state index contributed by atoms with van der Waals surface area (Å²) in [5.41, 5.74) is 2.45. The molecule has 7 heteroatoms. The van der Waals surface area contributed by atoms with Gasteiger partial charge in [-0.3, -0.25) is 9.55 Å². The number of nitrogens with zero attached hydrogens (tertiary/aromatic N) is 5. The van der Waals surface area contributed by atoms with Gasteiger partial charge in [-0.25, -0.2) is 9.97 Å². The Morgan fingerprint density at radius 1 is 1.04 bits per heavy atom. The highest BCUT2D eigenvalue weighted by atomic mass is 16.5. The third-order valence-corrected chi connectivity index (χ3v) is 4.18. The van der Waals surface area contributed by atoms with Gasteiger partial charge in [0.2, 0.25) is 0 Å². The van der Waals surface area contributed by atoms with Crippen LogP contribution in [0.5, 0.6) is 0 Å². The predicted octanol–water partition coefficient (Wildman–Crippen LogP) is 2.11. The van der Waals surface area contributed by atoms with Crippen LogP contribution in [-0.4, -0.2) is 45.8 Å². The number of rotatable bonds is 5. The van der Waals surface area contributed by atoms with Crippen LogP contribution in [0.25, 0.3) is 5.82 Å². The zero-order chi connectivity index (χ0) is 16.9. The van der Waals surface area contributed by atoms with Gasteiger partial charge >= 0.3 is 0 Å². The maximum absolute atomic E-state index is 5.40. The second kappa shape index (κ2) is 7.31. The summed E-state index contributed by atoms with van der Waals surface area (Å²) in [5, 5.41) is 3.32. The first-order valence-corrected chi connectivity index (χ1v) is 8.34. The first kappa shape index (κ1) is 15.6. The van der Waals surface area contributed by atoms with Crippen LogP contribution in [0.2, 0.25) is 0 Å². The van der Waals surface area contributed by atoms with E-state index in [0.717, 1.165) is 37.9 Å². The lowest BCUT2D eigenvalue weighted by atomic mass is 10.2. The normalized spacial score (nSPS) is 14.5. The molecule has 1 saturated heterocycles. The first-order valence-electron chi connectivity index (χ1n) is 8.34. The van der Waals surface area contributed by atoms with Crippen molar-refractivity contribution in [3.8, 4) is 5.82 Å². The van der Waals surface area contributed by atoms with Gasteiger partial charge in [-0.15, -0.1) is 0 Å². The first-order chi connectivity index (χ1) is 12.4. The van der Waals surface area contributed by atoms with Crippen molar-refractivity contribution < 1.29 is 4.74 Å². The molecule has 0 atom stereocenters. The summed E-state index contributed by atoms with van der Waals surface area (Å²) in [7, 11) is 0. The van der Waals surface area contributed by atoms with Crippen molar-refractivity contribution in [1.29, 1.82) is 0 Å². The number of hydrogen-bond acceptors (Lipinski definition) is 6. The van der Waals surface area contributed by atoms with Gasteiger partial charge in [-0.1, -0.05) is 12.1 Å². The quantitative estimate of drug-likeness (QED) is 0.770. The SMILES string of the molecule is c1cn(-c2cncc(NCc3ccc(N4CCOCC4)cc3)n2)cn1. The molecule has 0 radical (unpaired) electrons. The molecule has 7 nitrogen and oxygen atoms in total. The third-order valence-electron chi connectivity index (χ3n) is 4.18. The summed E-state index contributed by atoms with van der Waals surface area (Å²) in [6, 6.07) is 8.61. The number of imidazole rings is 1. The third kappa shape index (κ3) is 3.77. The average molecular weight is 336 g/mol. The van der Waals surface area contributed by atoms with Gasteiger partial charge in [0.25, 0.3) is 0 Å². The Morgan fingerprint density at radius 2 is 1.88 bits per heavy atom. The molecule has 0 bridgehead atoms. The largest absolute Gasteiger partial charge is 0.378 e. The summed E-state index contributed by atoms with van der Waals surface area (Å²) < 4.78 is 7.23. The molecular formula is C18H20N6O. The van der Waals surface area contributed by atoms with Crippen molar-refractivity contribution in [3.63, 3.8) is 0 Å². The maximum Gasteiger partial charge on any atom is 0.158 e. The molecule has 128 valence electrons. The Balaban J connectivity index is 1.39. The number of hydrogen-bond donors (Lipinski definition) is 1. The fraction of sp³-hybridized carbons (Fsp3) is 0.278. The highest BCUT2D eigenvalue weighted by Gasteiger charge is 2.10. The molecule has 1 aliphatic rings. The smallest absolute Gasteiger partial charge is 0.158 e. The summed E-state index contributed by atoms with van der Waals surface area (Å²) in [6.07, 6.45) is 8.71. The minimum Gasteiger partial charge on any atom is -0.378 e. The van der Waals surface area contributed by atoms with E-state index in [0.29, 0.717) is 6.54 Å². The number of anilines is 2. The van der Waals surface area contributed by atoms with E-state index >= 15 is 0 Å². The van der Waals surface area contributed by atoms with E-state index in [-0.39, 0.29) is 0 Å². The molecule has 0 saturated carbocycles. The van der Waals surface area contributed by atoms with Crippen molar-refractivity contribution >= 4 is 11.5 Å². The van der Waals surface area contributed by atoms with Gasteiger partial charge in [0.15, 0.2) is 5.82 Å². The number of ether oxygens (including phenoxy) is 1. The van der Waals surface area contributed by atoms with Crippen LogP contribution >= 0.6 is 0 Å². The maximum atomic E-state index is 5.40. The topological polar surface area (TPSA) is 68.1 Å². The lowest BCUT2D eigenvalue weighted by Crippen LogP contribution is -2.36. The van der Waals surface area contributed by atoms with Crippen LogP contribution in [0, 0.1) is 0 Å². The van der Waals surface area contributed by atoms with Gasteiger partial charge in [0, 0.05) is 37.7 Å². The molecule has 0 spiro atoms. The van der Waals surface area contributed by atoms with Gasteiger partial charge in [0.1, 0.15) is 12.1 Å². The fourth-order valence-corrected chi connectivity index (χ4v) is 2.80. The van der Waals surface area contributed by atoms with Crippen molar-refractivity contribution in [2.45, 2.75) is 6.54 Å². The van der Waals surface area contributed by atoms with Crippen molar-refractivity contribution in [1.82, 2.24) is 19.5 Å². The van der Waals surface area contributed by atoms with Gasteiger partial charge in [0.05, 0.1) is 25.6 Å². The average Bonchev–Trinajstić information content (AvgIpc) is 3.23. The molecule has 1 fully saturated rings. The number of aromatic nitrogens is 4. The van der Waals surface area contributed by atoms with Crippen molar-refractivity contribution in [3.05, 3.63) is 60.9 Å². The minimum atomic E-state index is 0.700. The molecule has 1 N–H and O–H groups in total. The van der Waals surface area contributed by atoms with E-state index < -0.39 is 0 Å². The summed E-state index contributed by atoms with van der Waals surface area (Å²) in [4.78, 5) is 15.2. The molecule has 25 heavy (non-hydrogen) atoms. The van der Waals surface area contributed by atoms with Crippen LogP contribution in [0.15, 0.2) is 55.4 Å². The minimum absolute atomic E-state index is 0.700.